The lowest BCUT2D eigenvalue weighted by molar-refractivity contribution is 0.643. The van der Waals surface area contributed by atoms with E-state index in [0.29, 0.717) is 0 Å². The molecule has 1 atom stereocenters. The fraction of sp³-hybridized carbons (Fsp3) is 0.133. The van der Waals surface area contributed by atoms with Crippen LogP contribution in [0.3, 0.4) is 0 Å². The molecular weight excluding hydrogens is 236 g/mol. The third kappa shape index (κ3) is 2.25. The maximum atomic E-state index is 4.45. The van der Waals surface area contributed by atoms with Crippen molar-refractivity contribution in [3.63, 3.8) is 0 Å². The van der Waals surface area contributed by atoms with E-state index in [1.54, 1.807) is 18.6 Å². The Morgan fingerprint density at radius 2 is 1.84 bits per heavy atom. The van der Waals surface area contributed by atoms with Gasteiger partial charge in [0.1, 0.15) is 5.82 Å². The molecule has 94 valence electrons. The van der Waals surface area contributed by atoms with Crippen LogP contribution in [0.5, 0.6) is 0 Å². The van der Waals surface area contributed by atoms with Crippen molar-refractivity contribution in [2.24, 2.45) is 0 Å². The second kappa shape index (κ2) is 5.02. The van der Waals surface area contributed by atoms with E-state index < -0.39 is 0 Å². The lowest BCUT2D eigenvalue weighted by Gasteiger charge is -2.16. The molecule has 0 N–H and O–H groups in total. The summed E-state index contributed by atoms with van der Waals surface area (Å²) in [5, 5.41) is 0. The van der Waals surface area contributed by atoms with E-state index in [4.69, 9.17) is 0 Å². The topological polar surface area (TPSA) is 43.6 Å². The Bertz CT molecular complexity index is 646. The molecule has 3 rings (SSSR count). The maximum Gasteiger partial charge on any atom is 0.140 e. The van der Waals surface area contributed by atoms with Crippen molar-refractivity contribution in [1.82, 2.24) is 19.5 Å². The molecule has 3 heterocycles. The van der Waals surface area contributed by atoms with Crippen molar-refractivity contribution in [3.8, 4) is 11.4 Å². The molecule has 4 nitrogen and oxygen atoms in total. The summed E-state index contributed by atoms with van der Waals surface area (Å²) in [6, 6.07) is 8.16. The molecule has 1 unspecified atom stereocenters. The summed E-state index contributed by atoms with van der Waals surface area (Å²) in [6.07, 6.45) is 11.1. The van der Waals surface area contributed by atoms with Crippen LogP contribution >= 0.6 is 0 Å². The van der Waals surface area contributed by atoms with E-state index >= 15 is 0 Å². The SMILES string of the molecule is CC(c1cccnc1)n1ccnc1-c1ccncc1. The number of nitrogens with zero attached hydrogens (tertiary/aromatic N) is 4. The lowest BCUT2D eigenvalue weighted by Crippen LogP contribution is -2.07. The number of imidazole rings is 1. The van der Waals surface area contributed by atoms with Crippen molar-refractivity contribution in [3.05, 3.63) is 67.0 Å². The van der Waals surface area contributed by atoms with Gasteiger partial charge in [-0.25, -0.2) is 4.98 Å². The highest BCUT2D eigenvalue weighted by atomic mass is 15.1. The zero-order valence-corrected chi connectivity index (χ0v) is 10.6. The molecule has 0 aliphatic carbocycles. The van der Waals surface area contributed by atoms with Crippen LogP contribution in [0.25, 0.3) is 11.4 Å². The van der Waals surface area contributed by atoms with E-state index in [9.17, 15) is 0 Å². The second-order valence-corrected chi connectivity index (χ2v) is 4.36. The van der Waals surface area contributed by atoms with Gasteiger partial charge in [0.05, 0.1) is 6.04 Å². The monoisotopic (exact) mass is 250 g/mol. The molecule has 0 saturated heterocycles. The van der Waals surface area contributed by atoms with Crippen LogP contribution in [0.15, 0.2) is 61.4 Å². The molecule has 19 heavy (non-hydrogen) atoms. The average Bonchev–Trinajstić information content (AvgIpc) is 2.98. The number of hydrogen-bond acceptors (Lipinski definition) is 3. The van der Waals surface area contributed by atoms with Gasteiger partial charge in [-0.3, -0.25) is 9.97 Å². The fourth-order valence-electron chi connectivity index (χ4n) is 2.13. The molecular formula is C15H14N4. The lowest BCUT2D eigenvalue weighted by atomic mass is 10.1. The maximum absolute atomic E-state index is 4.45. The summed E-state index contributed by atoms with van der Waals surface area (Å²) >= 11 is 0. The summed E-state index contributed by atoms with van der Waals surface area (Å²) in [5.41, 5.74) is 2.23. The van der Waals surface area contributed by atoms with Crippen molar-refractivity contribution in [2.45, 2.75) is 13.0 Å². The normalized spacial score (nSPS) is 12.3. The van der Waals surface area contributed by atoms with E-state index in [1.165, 1.54) is 0 Å². The molecule has 0 aliphatic heterocycles. The third-order valence-corrected chi connectivity index (χ3v) is 3.19. The van der Waals surface area contributed by atoms with E-state index in [1.807, 2.05) is 36.8 Å². The van der Waals surface area contributed by atoms with Gasteiger partial charge in [0, 0.05) is 42.7 Å². The number of rotatable bonds is 3. The quantitative estimate of drug-likeness (QED) is 0.717. The zero-order chi connectivity index (χ0) is 13.1. The van der Waals surface area contributed by atoms with Gasteiger partial charge in [0.15, 0.2) is 0 Å². The van der Waals surface area contributed by atoms with Crippen molar-refractivity contribution in [2.75, 3.05) is 0 Å². The molecule has 0 spiro atoms. The highest BCUT2D eigenvalue weighted by Gasteiger charge is 2.13. The molecule has 0 aliphatic rings. The highest BCUT2D eigenvalue weighted by molar-refractivity contribution is 5.54. The van der Waals surface area contributed by atoms with Crippen molar-refractivity contribution in [1.29, 1.82) is 0 Å². The smallest absolute Gasteiger partial charge is 0.140 e. The first kappa shape index (κ1) is 11.6. The Hall–Kier alpha value is -2.49. The van der Waals surface area contributed by atoms with E-state index in [-0.39, 0.29) is 6.04 Å². The van der Waals surface area contributed by atoms with Crippen LogP contribution in [-0.4, -0.2) is 19.5 Å². The zero-order valence-electron chi connectivity index (χ0n) is 10.6. The summed E-state index contributed by atoms with van der Waals surface area (Å²) in [4.78, 5) is 12.7. The predicted molar refractivity (Wildman–Crippen MR) is 73.5 cm³/mol. The molecule has 3 aromatic heterocycles. The first-order chi connectivity index (χ1) is 9.36. The van der Waals surface area contributed by atoms with Gasteiger partial charge in [-0.2, -0.15) is 0 Å². The molecule has 3 aromatic rings. The molecule has 0 radical (unpaired) electrons. The fourth-order valence-corrected chi connectivity index (χ4v) is 2.13. The number of aromatic nitrogens is 4. The van der Waals surface area contributed by atoms with E-state index in [2.05, 4.69) is 32.5 Å². The Labute approximate surface area is 111 Å². The summed E-state index contributed by atoms with van der Waals surface area (Å²) in [7, 11) is 0. The Morgan fingerprint density at radius 1 is 1.00 bits per heavy atom. The summed E-state index contributed by atoms with van der Waals surface area (Å²) in [6.45, 7) is 2.14. The number of pyridine rings is 2. The Balaban J connectivity index is 2.01. The van der Waals surface area contributed by atoms with Crippen LogP contribution in [0.4, 0.5) is 0 Å². The van der Waals surface area contributed by atoms with Gasteiger partial charge >= 0.3 is 0 Å². The predicted octanol–water partition coefficient (Wildman–Crippen LogP) is 2.95. The molecule has 0 fully saturated rings. The minimum absolute atomic E-state index is 0.194. The van der Waals surface area contributed by atoms with E-state index in [0.717, 1.165) is 17.0 Å². The average molecular weight is 250 g/mol. The van der Waals surface area contributed by atoms with Gasteiger partial charge in [-0.15, -0.1) is 0 Å². The standard InChI is InChI=1S/C15H14N4/c1-12(14-3-2-6-17-11-14)19-10-9-18-15(19)13-4-7-16-8-5-13/h2-12H,1H3. The van der Waals surface area contributed by atoms with Crippen LogP contribution in [0, 0.1) is 0 Å². The minimum Gasteiger partial charge on any atom is -0.324 e. The van der Waals surface area contributed by atoms with Gasteiger partial charge in [-0.05, 0) is 30.7 Å². The molecule has 0 aromatic carbocycles. The molecule has 0 saturated carbocycles. The first-order valence-electron chi connectivity index (χ1n) is 6.19. The highest BCUT2D eigenvalue weighted by Crippen LogP contribution is 2.24. The van der Waals surface area contributed by atoms with Gasteiger partial charge < -0.3 is 4.57 Å². The van der Waals surface area contributed by atoms with Crippen LogP contribution in [0.1, 0.15) is 18.5 Å². The summed E-state index contributed by atoms with van der Waals surface area (Å²) < 4.78 is 2.15. The third-order valence-electron chi connectivity index (χ3n) is 3.19. The van der Waals surface area contributed by atoms with Crippen LogP contribution < -0.4 is 0 Å². The largest absolute Gasteiger partial charge is 0.324 e. The molecule has 0 amide bonds. The van der Waals surface area contributed by atoms with Crippen molar-refractivity contribution < 1.29 is 0 Å². The van der Waals surface area contributed by atoms with Gasteiger partial charge in [0.2, 0.25) is 0 Å². The molecule has 0 bridgehead atoms. The van der Waals surface area contributed by atoms with Crippen LogP contribution in [0.2, 0.25) is 0 Å². The van der Waals surface area contributed by atoms with Crippen LogP contribution in [-0.2, 0) is 0 Å². The Kier molecular flexibility index (Phi) is 3.06. The first-order valence-corrected chi connectivity index (χ1v) is 6.19. The number of hydrogen-bond donors (Lipinski definition) is 0. The molecule has 4 heteroatoms. The van der Waals surface area contributed by atoms with Crippen molar-refractivity contribution >= 4 is 0 Å². The minimum atomic E-state index is 0.194. The van der Waals surface area contributed by atoms with Gasteiger partial charge in [-0.1, -0.05) is 6.07 Å². The Morgan fingerprint density at radius 3 is 2.58 bits per heavy atom. The second-order valence-electron chi connectivity index (χ2n) is 4.36. The summed E-state index contributed by atoms with van der Waals surface area (Å²) in [5.74, 6) is 0.943. The van der Waals surface area contributed by atoms with Gasteiger partial charge in [0.25, 0.3) is 0 Å².